The van der Waals surface area contributed by atoms with Crippen molar-refractivity contribution in [2.24, 2.45) is 92.7 Å². The van der Waals surface area contributed by atoms with Gasteiger partial charge in [0.1, 0.15) is 0 Å². The van der Waals surface area contributed by atoms with Gasteiger partial charge < -0.3 is 6.42 Å². The van der Waals surface area contributed by atoms with Gasteiger partial charge in [0.15, 0.2) is 0 Å². The Hall–Kier alpha value is 0.394. The van der Waals surface area contributed by atoms with E-state index in [4.69, 9.17) is 0 Å². The summed E-state index contributed by atoms with van der Waals surface area (Å²) < 4.78 is 0. The molecule has 4 aliphatic carbocycles. The Morgan fingerprint density at radius 1 is 0.351 bits per heavy atom. The van der Waals surface area contributed by atoms with E-state index in [9.17, 15) is 0 Å². The summed E-state index contributed by atoms with van der Waals surface area (Å²) in [6, 6.07) is 0. The molecule has 0 amide bonds. The van der Waals surface area contributed by atoms with Crippen molar-refractivity contribution in [2.75, 3.05) is 0 Å². The number of nitrogens with one attached hydrogen (secondary N) is 8. The molecule has 9 aliphatic rings. The van der Waals surface area contributed by atoms with Crippen molar-refractivity contribution in [3.63, 3.8) is 0 Å². The molecule has 20 atom stereocenters. The summed E-state index contributed by atoms with van der Waals surface area (Å²) in [6.45, 7) is 30.6. The second kappa shape index (κ2) is 15.9. The molecule has 57 heavy (non-hydrogen) atoms. The largest absolute Gasteiger partial charge is 0.318 e. The molecule has 8 bridgehead atoms. The average molecular weight is 824 g/mol. The normalized spacial score (nSPS) is 50.3. The summed E-state index contributed by atoms with van der Waals surface area (Å²) in [7, 11) is 0. The maximum absolute atomic E-state index is 4.57. The van der Waals surface area contributed by atoms with Gasteiger partial charge in [0.25, 0.3) is 0 Å². The van der Waals surface area contributed by atoms with E-state index in [1.807, 2.05) is 0 Å². The van der Waals surface area contributed by atoms with Crippen LogP contribution >= 0.6 is 0 Å². The minimum absolute atomic E-state index is 0. The van der Waals surface area contributed by atoms with Crippen molar-refractivity contribution < 1.29 is 21.7 Å². The molecule has 8 nitrogen and oxygen atoms in total. The Balaban J connectivity index is 0.00000455. The molecule has 20 unspecified atom stereocenters. The van der Waals surface area contributed by atoms with Gasteiger partial charge in [-0.25, -0.2) is 0 Å². The fraction of sp³-hybridized carbons (Fsp3) is 0.979. The Bertz CT molecular complexity index is 1400. The standard InChI is InChI=1S/C48H87N8.Ti/c1-45(2,3)31-23-17-22-29-33(31)43-54-41(29)52-39-27-20-15-13-18-25(27)37(50-39)49-38-26-19-14-16-21-28(26)40(51-38)53-42-30-24-32(46(4,5)6)35(47(7,8)9)36(48(10,11)12)34(30)44(55-42)56-43;/h24-44,49-56H,13-23H2,1-12H3;/q-1;. The molecule has 9 fully saturated rings. The number of hydrogen-bond acceptors (Lipinski definition) is 8. The fourth-order valence-electron chi connectivity index (χ4n) is 16.0. The number of rotatable bonds is 0. The maximum atomic E-state index is 4.57. The third-order valence-electron chi connectivity index (χ3n) is 18.1. The fourth-order valence-corrected chi connectivity index (χ4v) is 16.0. The first-order valence-corrected chi connectivity index (χ1v) is 24.2. The summed E-state index contributed by atoms with van der Waals surface area (Å²) in [5.41, 5.74) is 0.824. The minimum atomic E-state index is 0. The van der Waals surface area contributed by atoms with Crippen LogP contribution in [0.15, 0.2) is 0 Å². The SMILES string of the molecule is CC(C)(C)C1[CH-]C2C3NC4NC(NC5NC(NC6NC(NC(N3)C2C(C(C)(C)C)C1C(C)(C)C)C1C6CCCC1C(C)(C)C)C1CCCCC51)C1CCCCC41.[Ti]. The average Bonchev–Trinajstić information content (AvgIpc) is 3.84. The van der Waals surface area contributed by atoms with E-state index in [-0.39, 0.29) is 61.9 Å². The van der Waals surface area contributed by atoms with Crippen molar-refractivity contribution in [3.05, 3.63) is 6.42 Å². The Kier molecular flexibility index (Phi) is 12.3. The number of fused-ring (bicyclic) bond motifs is 20. The van der Waals surface area contributed by atoms with Crippen LogP contribution in [0.1, 0.15) is 154 Å². The smallest absolute Gasteiger partial charge is 0.0631 e. The van der Waals surface area contributed by atoms with Crippen LogP contribution in [0, 0.1) is 99.1 Å². The third kappa shape index (κ3) is 8.00. The molecule has 5 saturated heterocycles. The van der Waals surface area contributed by atoms with Crippen molar-refractivity contribution in [1.29, 1.82) is 0 Å². The van der Waals surface area contributed by atoms with Gasteiger partial charge in [-0.15, -0.1) is 5.92 Å². The van der Waals surface area contributed by atoms with Gasteiger partial charge in [-0.2, -0.15) is 5.92 Å². The monoisotopic (exact) mass is 824 g/mol. The van der Waals surface area contributed by atoms with E-state index in [1.165, 1.54) is 70.6 Å². The van der Waals surface area contributed by atoms with E-state index in [0.717, 1.165) is 0 Å². The van der Waals surface area contributed by atoms with Crippen LogP contribution in [-0.4, -0.2) is 49.3 Å². The Labute approximate surface area is 364 Å². The zero-order chi connectivity index (χ0) is 39.7. The Morgan fingerprint density at radius 3 is 1.16 bits per heavy atom. The molecule has 0 aromatic heterocycles. The van der Waals surface area contributed by atoms with Gasteiger partial charge in [-0.1, -0.05) is 127 Å². The van der Waals surface area contributed by atoms with Gasteiger partial charge in [0.2, 0.25) is 0 Å². The maximum Gasteiger partial charge on any atom is 0.0631 e. The molecule has 9 rings (SSSR count). The van der Waals surface area contributed by atoms with E-state index in [0.29, 0.717) is 102 Å². The molecule has 324 valence electrons. The van der Waals surface area contributed by atoms with Crippen molar-refractivity contribution >= 4 is 0 Å². The third-order valence-corrected chi connectivity index (χ3v) is 18.1. The molecule has 0 aromatic carbocycles. The molecular weight excluding hydrogens is 736 g/mol. The van der Waals surface area contributed by atoms with Crippen LogP contribution in [0.3, 0.4) is 0 Å². The molecule has 4 saturated carbocycles. The van der Waals surface area contributed by atoms with Crippen molar-refractivity contribution in [2.45, 2.75) is 203 Å². The van der Waals surface area contributed by atoms with Crippen molar-refractivity contribution in [3.8, 4) is 0 Å². The predicted molar refractivity (Wildman–Crippen MR) is 230 cm³/mol. The van der Waals surface area contributed by atoms with Crippen LogP contribution in [0.4, 0.5) is 0 Å². The van der Waals surface area contributed by atoms with Gasteiger partial charge in [-0.3, -0.25) is 42.5 Å². The molecule has 9 heteroatoms. The molecule has 0 radical (unpaired) electrons. The summed E-state index contributed by atoms with van der Waals surface area (Å²) in [5.74, 6) is 7.28. The number of hydrogen-bond donors (Lipinski definition) is 8. The zero-order valence-electron chi connectivity index (χ0n) is 38.4. The van der Waals surface area contributed by atoms with Crippen LogP contribution in [-0.2, 0) is 21.7 Å². The first-order valence-electron chi connectivity index (χ1n) is 24.2. The van der Waals surface area contributed by atoms with Crippen LogP contribution in [0.25, 0.3) is 0 Å². The summed E-state index contributed by atoms with van der Waals surface area (Å²) >= 11 is 0. The van der Waals surface area contributed by atoms with Gasteiger partial charge in [0.05, 0.1) is 43.2 Å². The van der Waals surface area contributed by atoms with Crippen LogP contribution < -0.4 is 42.5 Å². The summed E-state index contributed by atoms with van der Waals surface area (Å²) in [6.07, 6.45) is 20.2. The molecular formula is C48H87N8Ti-. The zero-order valence-corrected chi connectivity index (χ0v) is 40.0. The summed E-state index contributed by atoms with van der Waals surface area (Å²) in [4.78, 5) is 0. The van der Waals surface area contributed by atoms with Gasteiger partial charge in [0, 0.05) is 27.9 Å². The van der Waals surface area contributed by atoms with E-state index >= 15 is 0 Å². The minimum Gasteiger partial charge on any atom is -0.318 e. The molecule has 5 aliphatic heterocycles. The topological polar surface area (TPSA) is 96.2 Å². The van der Waals surface area contributed by atoms with Crippen LogP contribution in [0.2, 0.25) is 0 Å². The molecule has 0 spiro atoms. The summed E-state index contributed by atoms with van der Waals surface area (Å²) in [5, 5.41) is 35.3. The van der Waals surface area contributed by atoms with Gasteiger partial charge >= 0.3 is 0 Å². The quantitative estimate of drug-likeness (QED) is 0.0942. The van der Waals surface area contributed by atoms with E-state index in [1.54, 1.807) is 0 Å². The first-order chi connectivity index (χ1) is 26.3. The van der Waals surface area contributed by atoms with E-state index in [2.05, 4.69) is 132 Å². The van der Waals surface area contributed by atoms with Crippen molar-refractivity contribution in [1.82, 2.24) is 42.5 Å². The molecule has 5 heterocycles. The van der Waals surface area contributed by atoms with Crippen LogP contribution in [0.5, 0.6) is 0 Å². The molecule has 0 aromatic rings. The Morgan fingerprint density at radius 2 is 0.719 bits per heavy atom. The molecule has 8 N–H and O–H groups in total. The predicted octanol–water partition coefficient (Wildman–Crippen LogP) is 7.51. The first kappa shape index (κ1) is 44.0. The van der Waals surface area contributed by atoms with E-state index < -0.39 is 0 Å². The second-order valence-electron chi connectivity index (χ2n) is 25.5. The van der Waals surface area contributed by atoms with Gasteiger partial charge in [-0.05, 0) is 108 Å². The second-order valence-corrected chi connectivity index (χ2v) is 25.5.